The van der Waals surface area contributed by atoms with Crippen molar-refractivity contribution >= 4 is 39.3 Å². The monoisotopic (exact) mass is 377 g/mol. The highest BCUT2D eigenvalue weighted by atomic mass is 127. The van der Waals surface area contributed by atoms with Crippen molar-refractivity contribution in [3.05, 3.63) is 69.6 Å². The van der Waals surface area contributed by atoms with Crippen LogP contribution in [0.3, 0.4) is 0 Å². The van der Waals surface area contributed by atoms with Crippen molar-refractivity contribution < 1.29 is 9.90 Å². The zero-order valence-corrected chi connectivity index (χ0v) is 12.7. The Bertz CT molecular complexity index is 787. The van der Waals surface area contributed by atoms with Gasteiger partial charge in [0.25, 0.3) is 0 Å². The number of aromatic nitrogens is 1. The minimum absolute atomic E-state index is 0.322. The van der Waals surface area contributed by atoms with Gasteiger partial charge in [0.2, 0.25) is 0 Å². The molecule has 100 valence electrons. The van der Waals surface area contributed by atoms with Gasteiger partial charge in [-0.3, -0.25) is 0 Å². The number of fused-ring (bicyclic) bond motifs is 1. The molecule has 0 aliphatic carbocycles. The second-order valence-corrected chi connectivity index (χ2v) is 5.86. The van der Waals surface area contributed by atoms with E-state index in [1.165, 1.54) is 5.39 Å². The fourth-order valence-corrected chi connectivity index (χ4v) is 3.03. The number of carboxylic acid groups (broad SMARTS) is 1. The number of carboxylic acids is 1. The van der Waals surface area contributed by atoms with Crippen molar-refractivity contribution in [3.8, 4) is 0 Å². The van der Waals surface area contributed by atoms with Crippen LogP contribution in [0.4, 0.5) is 0 Å². The van der Waals surface area contributed by atoms with Crippen molar-refractivity contribution in [1.82, 2.24) is 4.57 Å². The molecule has 20 heavy (non-hydrogen) atoms. The van der Waals surface area contributed by atoms with Crippen molar-refractivity contribution in [2.75, 3.05) is 0 Å². The lowest BCUT2D eigenvalue weighted by Crippen LogP contribution is -2.08. The fraction of sp³-hybridized carbons (Fsp3) is 0.0625. The molecular formula is C16H12INO2. The van der Waals surface area contributed by atoms with Crippen LogP contribution in [0.1, 0.15) is 16.1 Å². The van der Waals surface area contributed by atoms with Gasteiger partial charge >= 0.3 is 5.97 Å². The number of nitrogens with zero attached hydrogens (tertiary/aromatic N) is 1. The number of rotatable bonds is 3. The molecule has 0 radical (unpaired) electrons. The molecule has 0 saturated carbocycles. The molecule has 0 fully saturated rings. The highest BCUT2D eigenvalue weighted by molar-refractivity contribution is 14.1. The average molecular weight is 377 g/mol. The van der Waals surface area contributed by atoms with Crippen LogP contribution in [0, 0.1) is 3.57 Å². The van der Waals surface area contributed by atoms with Crippen molar-refractivity contribution in [3.63, 3.8) is 0 Å². The van der Waals surface area contributed by atoms with E-state index in [4.69, 9.17) is 0 Å². The Labute approximate surface area is 130 Å². The molecule has 3 nitrogen and oxygen atoms in total. The molecule has 4 heteroatoms. The molecule has 0 spiro atoms. The second-order valence-electron chi connectivity index (χ2n) is 4.61. The van der Waals surface area contributed by atoms with Crippen LogP contribution in [-0.4, -0.2) is 15.6 Å². The van der Waals surface area contributed by atoms with Gasteiger partial charge in [0.15, 0.2) is 0 Å². The van der Waals surface area contributed by atoms with Gasteiger partial charge in [-0.2, -0.15) is 0 Å². The van der Waals surface area contributed by atoms with E-state index in [0.29, 0.717) is 12.2 Å². The molecule has 3 aromatic rings. The van der Waals surface area contributed by atoms with E-state index in [1.54, 1.807) is 10.6 Å². The Morgan fingerprint density at radius 2 is 1.90 bits per heavy atom. The summed E-state index contributed by atoms with van der Waals surface area (Å²) in [7, 11) is 0. The first-order chi connectivity index (χ1) is 9.65. The summed E-state index contributed by atoms with van der Waals surface area (Å²) in [5, 5.41) is 11.6. The maximum atomic E-state index is 11.3. The topological polar surface area (TPSA) is 42.2 Å². The van der Waals surface area contributed by atoms with Gasteiger partial charge in [-0.15, -0.1) is 0 Å². The summed E-state index contributed by atoms with van der Waals surface area (Å²) in [6.45, 7) is 0.561. The van der Waals surface area contributed by atoms with E-state index >= 15 is 0 Å². The molecule has 0 amide bonds. The largest absolute Gasteiger partial charge is 0.477 e. The Kier molecular flexibility index (Phi) is 3.48. The summed E-state index contributed by atoms with van der Waals surface area (Å²) >= 11 is 2.14. The maximum Gasteiger partial charge on any atom is 0.352 e. The number of carbonyl (C=O) groups is 1. The molecule has 0 atom stereocenters. The van der Waals surface area contributed by atoms with E-state index in [0.717, 1.165) is 14.5 Å². The zero-order valence-electron chi connectivity index (χ0n) is 10.6. The molecule has 0 saturated heterocycles. The molecule has 3 rings (SSSR count). The molecule has 0 bridgehead atoms. The minimum atomic E-state index is -0.895. The van der Waals surface area contributed by atoms with Gasteiger partial charge in [0, 0.05) is 16.3 Å². The van der Waals surface area contributed by atoms with Gasteiger partial charge in [-0.1, -0.05) is 42.5 Å². The predicted octanol–water partition coefficient (Wildman–Crippen LogP) is 3.99. The molecule has 2 aromatic carbocycles. The summed E-state index contributed by atoms with van der Waals surface area (Å²) in [6.07, 6.45) is 1.87. The van der Waals surface area contributed by atoms with Gasteiger partial charge < -0.3 is 9.67 Å². The molecule has 1 N–H and O–H groups in total. The van der Waals surface area contributed by atoms with Crippen LogP contribution in [0.5, 0.6) is 0 Å². The number of aromatic carboxylic acids is 1. The Morgan fingerprint density at radius 1 is 1.15 bits per heavy atom. The molecule has 1 aromatic heterocycles. The van der Waals surface area contributed by atoms with Crippen molar-refractivity contribution in [2.45, 2.75) is 6.54 Å². The molecular weight excluding hydrogens is 365 g/mol. The Balaban J connectivity index is 2.08. The Morgan fingerprint density at radius 3 is 2.70 bits per heavy atom. The molecule has 0 aliphatic rings. The summed E-state index contributed by atoms with van der Waals surface area (Å²) < 4.78 is 2.71. The third-order valence-electron chi connectivity index (χ3n) is 3.30. The smallest absolute Gasteiger partial charge is 0.352 e. The van der Waals surface area contributed by atoms with E-state index < -0.39 is 5.97 Å². The first-order valence-electron chi connectivity index (χ1n) is 6.21. The lowest BCUT2D eigenvalue weighted by molar-refractivity contribution is 0.0685. The van der Waals surface area contributed by atoms with Crippen LogP contribution >= 0.6 is 22.6 Å². The lowest BCUT2D eigenvalue weighted by Gasteiger charge is -2.09. The predicted molar refractivity (Wildman–Crippen MR) is 87.2 cm³/mol. The highest BCUT2D eigenvalue weighted by Gasteiger charge is 2.12. The summed E-state index contributed by atoms with van der Waals surface area (Å²) in [4.78, 5) is 11.3. The SMILES string of the molecule is O=C(O)c1cc(I)cn1Cc1cccc2ccccc12. The van der Waals surface area contributed by atoms with Gasteiger partial charge in [-0.25, -0.2) is 4.79 Å². The van der Waals surface area contributed by atoms with Crippen LogP contribution < -0.4 is 0 Å². The third kappa shape index (κ3) is 2.43. The average Bonchev–Trinajstić information content (AvgIpc) is 2.80. The summed E-state index contributed by atoms with van der Waals surface area (Å²) in [5.41, 5.74) is 1.44. The van der Waals surface area contributed by atoms with Gasteiger partial charge in [0.05, 0.1) is 0 Å². The first kappa shape index (κ1) is 13.2. The van der Waals surface area contributed by atoms with Gasteiger partial charge in [0.1, 0.15) is 5.69 Å². The van der Waals surface area contributed by atoms with Crippen molar-refractivity contribution in [1.29, 1.82) is 0 Å². The fourth-order valence-electron chi connectivity index (χ4n) is 2.40. The number of hydrogen-bond acceptors (Lipinski definition) is 1. The standard InChI is InChI=1S/C16H12INO2/c17-13-8-15(16(19)20)18(10-13)9-12-6-3-5-11-4-1-2-7-14(11)12/h1-8,10H,9H2,(H,19,20). The highest BCUT2D eigenvalue weighted by Crippen LogP contribution is 2.21. The minimum Gasteiger partial charge on any atom is -0.477 e. The molecule has 0 aliphatic heterocycles. The third-order valence-corrected chi connectivity index (χ3v) is 3.89. The van der Waals surface area contributed by atoms with Crippen LogP contribution in [0.2, 0.25) is 0 Å². The van der Waals surface area contributed by atoms with Crippen LogP contribution in [-0.2, 0) is 6.54 Å². The second kappa shape index (κ2) is 5.28. The van der Waals surface area contributed by atoms with Crippen molar-refractivity contribution in [2.24, 2.45) is 0 Å². The Hall–Kier alpha value is -1.82. The van der Waals surface area contributed by atoms with E-state index in [-0.39, 0.29) is 0 Å². The quantitative estimate of drug-likeness (QED) is 0.702. The lowest BCUT2D eigenvalue weighted by atomic mass is 10.0. The molecule has 1 heterocycles. The normalized spacial score (nSPS) is 10.8. The first-order valence-corrected chi connectivity index (χ1v) is 7.28. The number of benzene rings is 2. The van der Waals surface area contributed by atoms with Crippen LogP contribution in [0.15, 0.2) is 54.7 Å². The van der Waals surface area contributed by atoms with Gasteiger partial charge in [-0.05, 0) is 45.0 Å². The van der Waals surface area contributed by atoms with E-state index in [9.17, 15) is 9.90 Å². The summed E-state index contributed by atoms with van der Waals surface area (Å²) in [6, 6.07) is 15.9. The number of halogens is 1. The van der Waals surface area contributed by atoms with Crippen LogP contribution in [0.25, 0.3) is 10.8 Å². The van der Waals surface area contributed by atoms with E-state index in [2.05, 4.69) is 40.8 Å². The summed E-state index contributed by atoms with van der Waals surface area (Å²) in [5.74, 6) is -0.895. The maximum absolute atomic E-state index is 11.3. The molecule has 0 unspecified atom stereocenters. The number of hydrogen-bond donors (Lipinski definition) is 1. The van der Waals surface area contributed by atoms with E-state index in [1.807, 2.05) is 30.5 Å². The zero-order chi connectivity index (χ0) is 14.1.